The number of likely N-dealkylation sites (N-methyl/N-ethyl adjacent to an activating group) is 1. The van der Waals surface area contributed by atoms with Crippen molar-refractivity contribution in [3.8, 4) is 0 Å². The van der Waals surface area contributed by atoms with Gasteiger partial charge in [-0.3, -0.25) is 13.9 Å². The molecule has 10 heteroatoms. The minimum atomic E-state index is -4.10. The third-order valence-electron chi connectivity index (χ3n) is 5.92. The maximum absolute atomic E-state index is 13.8. The summed E-state index contributed by atoms with van der Waals surface area (Å²) in [5, 5.41) is 3.36. The van der Waals surface area contributed by atoms with Gasteiger partial charge in [-0.05, 0) is 55.3 Å². The Bertz CT molecular complexity index is 1350. The van der Waals surface area contributed by atoms with Crippen molar-refractivity contribution in [2.75, 3.05) is 17.9 Å². The van der Waals surface area contributed by atoms with Gasteiger partial charge in [0.25, 0.3) is 10.0 Å². The molecule has 1 atom stereocenters. The Morgan fingerprint density at radius 1 is 0.973 bits per heavy atom. The van der Waals surface area contributed by atoms with Crippen molar-refractivity contribution in [3.05, 3.63) is 94.0 Å². The summed E-state index contributed by atoms with van der Waals surface area (Å²) in [6.07, 6.45) is 0.312. The van der Waals surface area contributed by atoms with Crippen LogP contribution >= 0.6 is 23.2 Å². The number of sulfonamides is 1. The van der Waals surface area contributed by atoms with Crippen LogP contribution in [0.25, 0.3) is 0 Å². The first-order chi connectivity index (χ1) is 17.6. The van der Waals surface area contributed by atoms with E-state index in [0.29, 0.717) is 27.7 Å². The van der Waals surface area contributed by atoms with E-state index in [2.05, 4.69) is 5.32 Å². The maximum Gasteiger partial charge on any atom is 0.264 e. The molecule has 0 aromatic heterocycles. The van der Waals surface area contributed by atoms with Crippen LogP contribution < -0.4 is 9.62 Å². The quantitative estimate of drug-likeness (QED) is 0.375. The lowest BCUT2D eigenvalue weighted by molar-refractivity contribution is -0.140. The lowest BCUT2D eigenvalue weighted by Gasteiger charge is -2.33. The molecular weight excluding hydrogens is 533 g/mol. The van der Waals surface area contributed by atoms with E-state index in [1.54, 1.807) is 67.6 Å². The normalized spacial score (nSPS) is 12.0. The summed E-state index contributed by atoms with van der Waals surface area (Å²) in [6, 6.07) is 18.8. The van der Waals surface area contributed by atoms with Crippen LogP contribution in [0.2, 0.25) is 10.0 Å². The van der Waals surface area contributed by atoms with Gasteiger partial charge in [0.1, 0.15) is 12.6 Å². The maximum atomic E-state index is 13.8. The van der Waals surface area contributed by atoms with Gasteiger partial charge in [0.2, 0.25) is 11.8 Å². The molecule has 0 aliphatic rings. The molecule has 0 fully saturated rings. The second kappa shape index (κ2) is 12.4. The Morgan fingerprint density at radius 2 is 1.62 bits per heavy atom. The molecule has 0 spiro atoms. The van der Waals surface area contributed by atoms with Gasteiger partial charge in [0.15, 0.2) is 0 Å². The Hall–Kier alpha value is -3.07. The molecule has 0 aliphatic carbocycles. The number of nitrogens with zero attached hydrogens (tertiary/aromatic N) is 2. The minimum Gasteiger partial charge on any atom is -0.357 e. The third kappa shape index (κ3) is 6.83. The van der Waals surface area contributed by atoms with Crippen molar-refractivity contribution in [3.63, 3.8) is 0 Å². The highest BCUT2D eigenvalue weighted by atomic mass is 35.5. The minimum absolute atomic E-state index is 0.00607. The van der Waals surface area contributed by atoms with Crippen molar-refractivity contribution in [2.45, 2.75) is 37.8 Å². The highest BCUT2D eigenvalue weighted by molar-refractivity contribution is 7.92. The molecule has 3 aromatic carbocycles. The van der Waals surface area contributed by atoms with E-state index < -0.39 is 28.5 Å². The molecule has 1 N–H and O–H groups in total. The number of nitrogens with one attached hydrogen (secondary N) is 1. The molecule has 0 saturated heterocycles. The summed E-state index contributed by atoms with van der Waals surface area (Å²) in [4.78, 5) is 28.0. The van der Waals surface area contributed by atoms with Gasteiger partial charge < -0.3 is 10.2 Å². The molecule has 37 heavy (non-hydrogen) atoms. The third-order valence-corrected chi connectivity index (χ3v) is 8.30. The number of carbonyl (C=O) groups excluding carboxylic acids is 2. The molecule has 3 aromatic rings. The summed E-state index contributed by atoms with van der Waals surface area (Å²) in [7, 11) is -2.61. The van der Waals surface area contributed by atoms with Crippen molar-refractivity contribution in [2.24, 2.45) is 0 Å². The molecule has 0 radical (unpaired) electrons. The van der Waals surface area contributed by atoms with Crippen molar-refractivity contribution >= 4 is 50.7 Å². The summed E-state index contributed by atoms with van der Waals surface area (Å²) in [6.45, 7) is 3.15. The number of halogens is 2. The molecule has 0 unspecified atom stereocenters. The molecule has 0 saturated carbocycles. The number of hydrogen-bond acceptors (Lipinski definition) is 4. The largest absolute Gasteiger partial charge is 0.357 e. The first kappa shape index (κ1) is 28.5. The molecule has 0 bridgehead atoms. The zero-order valence-corrected chi connectivity index (χ0v) is 23.1. The van der Waals surface area contributed by atoms with E-state index in [-0.39, 0.29) is 17.3 Å². The summed E-state index contributed by atoms with van der Waals surface area (Å²) in [5.74, 6) is -0.921. The van der Waals surface area contributed by atoms with Crippen LogP contribution in [0, 0.1) is 6.92 Å². The molecule has 0 heterocycles. The topological polar surface area (TPSA) is 86.8 Å². The number of anilines is 1. The smallest absolute Gasteiger partial charge is 0.264 e. The average molecular weight is 563 g/mol. The SMILES string of the molecule is CC[C@H](C(=O)NC)N(Cc1ccc(Cl)cc1Cl)C(=O)CN(c1ccc(C)cc1)S(=O)(=O)c1ccccc1. The van der Waals surface area contributed by atoms with E-state index in [4.69, 9.17) is 23.2 Å². The molecule has 0 aliphatic heterocycles. The zero-order chi connectivity index (χ0) is 27.2. The van der Waals surface area contributed by atoms with Crippen LogP contribution in [-0.4, -0.2) is 44.8 Å². The monoisotopic (exact) mass is 561 g/mol. The van der Waals surface area contributed by atoms with Crippen LogP contribution in [0.4, 0.5) is 5.69 Å². The van der Waals surface area contributed by atoms with Gasteiger partial charge >= 0.3 is 0 Å². The average Bonchev–Trinajstić information content (AvgIpc) is 2.89. The molecule has 7 nitrogen and oxygen atoms in total. The van der Waals surface area contributed by atoms with Gasteiger partial charge in [-0.2, -0.15) is 0 Å². The Morgan fingerprint density at radius 3 is 2.19 bits per heavy atom. The van der Waals surface area contributed by atoms with Gasteiger partial charge in [0.05, 0.1) is 10.6 Å². The number of amides is 2. The molecular formula is C27H29Cl2N3O4S. The molecule has 196 valence electrons. The van der Waals surface area contributed by atoms with Gasteiger partial charge in [-0.15, -0.1) is 0 Å². The van der Waals surface area contributed by atoms with Gasteiger partial charge in [-0.1, -0.05) is 72.1 Å². The number of carbonyl (C=O) groups is 2. The van der Waals surface area contributed by atoms with Crippen LogP contribution in [0.5, 0.6) is 0 Å². The van der Waals surface area contributed by atoms with Crippen molar-refractivity contribution in [1.29, 1.82) is 0 Å². The molecule has 3 rings (SSSR count). The molecule has 2 amide bonds. The van der Waals surface area contributed by atoms with E-state index >= 15 is 0 Å². The fourth-order valence-corrected chi connectivity index (χ4v) is 5.78. The van der Waals surface area contributed by atoms with Crippen LogP contribution in [0.1, 0.15) is 24.5 Å². The standard InChI is InChI=1S/C27H29Cl2N3O4S/c1-4-25(27(34)30-3)31(17-20-12-13-21(28)16-24(20)29)26(33)18-32(22-14-10-19(2)11-15-22)37(35,36)23-8-6-5-7-9-23/h5-16,25H,4,17-18H2,1-3H3,(H,30,34)/t25-/m1/s1. The second-order valence-corrected chi connectivity index (χ2v) is 11.2. The summed E-state index contributed by atoms with van der Waals surface area (Å²) in [5.41, 5.74) is 1.85. The summed E-state index contributed by atoms with van der Waals surface area (Å²) < 4.78 is 28.5. The van der Waals surface area contributed by atoms with E-state index in [1.807, 2.05) is 6.92 Å². The number of rotatable bonds is 10. The fraction of sp³-hybridized carbons (Fsp3) is 0.259. The van der Waals surface area contributed by atoms with Gasteiger partial charge in [0, 0.05) is 23.6 Å². The van der Waals surface area contributed by atoms with E-state index in [0.717, 1.165) is 9.87 Å². The van der Waals surface area contributed by atoms with E-state index in [9.17, 15) is 18.0 Å². The number of hydrogen-bond donors (Lipinski definition) is 1. The summed E-state index contributed by atoms with van der Waals surface area (Å²) >= 11 is 12.4. The Balaban J connectivity index is 2.06. The van der Waals surface area contributed by atoms with Crippen molar-refractivity contribution in [1.82, 2.24) is 10.2 Å². The lowest BCUT2D eigenvalue weighted by atomic mass is 10.1. The first-order valence-electron chi connectivity index (χ1n) is 11.7. The Kier molecular flexibility index (Phi) is 9.59. The predicted molar refractivity (Wildman–Crippen MR) is 147 cm³/mol. The first-order valence-corrected chi connectivity index (χ1v) is 13.9. The van der Waals surface area contributed by atoms with E-state index in [1.165, 1.54) is 24.1 Å². The van der Waals surface area contributed by atoms with Crippen molar-refractivity contribution < 1.29 is 18.0 Å². The number of benzene rings is 3. The van der Waals surface area contributed by atoms with Gasteiger partial charge in [-0.25, -0.2) is 8.42 Å². The predicted octanol–water partition coefficient (Wildman–Crippen LogP) is 5.05. The zero-order valence-electron chi connectivity index (χ0n) is 20.8. The van der Waals surface area contributed by atoms with Crippen LogP contribution in [0.3, 0.4) is 0 Å². The highest BCUT2D eigenvalue weighted by Crippen LogP contribution is 2.27. The fourth-order valence-electron chi connectivity index (χ4n) is 3.88. The lowest BCUT2D eigenvalue weighted by Crippen LogP contribution is -2.51. The second-order valence-electron chi connectivity index (χ2n) is 8.46. The van der Waals surface area contributed by atoms with Crippen LogP contribution in [0.15, 0.2) is 77.7 Å². The highest BCUT2D eigenvalue weighted by Gasteiger charge is 2.33. The number of aryl methyl sites for hydroxylation is 1. The Labute approximate surface area is 228 Å². The van der Waals surface area contributed by atoms with Crippen LogP contribution in [-0.2, 0) is 26.2 Å².